The molecular weight excluding hydrogens is 214 g/mol. The van der Waals surface area contributed by atoms with Crippen LogP contribution in [0.25, 0.3) is 0 Å². The van der Waals surface area contributed by atoms with Gasteiger partial charge >= 0.3 is 6.03 Å². The van der Waals surface area contributed by atoms with Gasteiger partial charge in [0, 0.05) is 12.2 Å². The van der Waals surface area contributed by atoms with Crippen LogP contribution in [0.3, 0.4) is 0 Å². The van der Waals surface area contributed by atoms with Gasteiger partial charge in [-0.25, -0.2) is 4.79 Å². The highest BCUT2D eigenvalue weighted by atomic mass is 16.2. The monoisotopic (exact) mass is 233 g/mol. The van der Waals surface area contributed by atoms with E-state index in [0.29, 0.717) is 5.92 Å². The van der Waals surface area contributed by atoms with Gasteiger partial charge in [0.2, 0.25) is 0 Å². The fraction of sp³-hybridized carbons (Fsp3) is 0.538. The van der Waals surface area contributed by atoms with Crippen molar-refractivity contribution in [2.45, 2.75) is 38.8 Å². The number of carbonyl (C=O) groups is 1. The van der Waals surface area contributed by atoms with Crippen LogP contribution in [-0.4, -0.2) is 17.1 Å². The van der Waals surface area contributed by atoms with Crippen molar-refractivity contribution in [1.29, 1.82) is 0 Å². The van der Waals surface area contributed by atoms with E-state index in [-0.39, 0.29) is 18.1 Å². The standard InChI is InChI=1S/C13H19N3O/c1-9(11-6-7-11)15-13(17)16-10(2)12-5-3-4-8-14-12/h3-5,8-11H,6-7H2,1-2H3,(H2,15,16,17). The molecule has 1 aliphatic rings. The predicted molar refractivity (Wildman–Crippen MR) is 66.5 cm³/mol. The number of amides is 2. The van der Waals surface area contributed by atoms with Crippen LogP contribution in [-0.2, 0) is 0 Å². The molecule has 0 radical (unpaired) electrons. The number of aromatic nitrogens is 1. The van der Waals surface area contributed by atoms with Crippen LogP contribution < -0.4 is 10.6 Å². The van der Waals surface area contributed by atoms with Crippen molar-refractivity contribution in [3.8, 4) is 0 Å². The van der Waals surface area contributed by atoms with E-state index in [1.807, 2.05) is 25.1 Å². The summed E-state index contributed by atoms with van der Waals surface area (Å²) in [6.07, 6.45) is 4.20. The maximum Gasteiger partial charge on any atom is 0.315 e. The minimum absolute atomic E-state index is 0.0670. The van der Waals surface area contributed by atoms with Crippen molar-refractivity contribution in [3.05, 3.63) is 30.1 Å². The van der Waals surface area contributed by atoms with E-state index in [4.69, 9.17) is 0 Å². The van der Waals surface area contributed by atoms with Crippen LogP contribution in [0.5, 0.6) is 0 Å². The fourth-order valence-electron chi connectivity index (χ4n) is 1.87. The summed E-state index contributed by atoms with van der Waals surface area (Å²) < 4.78 is 0. The van der Waals surface area contributed by atoms with Crippen LogP contribution in [0.2, 0.25) is 0 Å². The van der Waals surface area contributed by atoms with Crippen molar-refractivity contribution in [3.63, 3.8) is 0 Å². The van der Waals surface area contributed by atoms with Gasteiger partial charge in [-0.05, 0) is 44.7 Å². The van der Waals surface area contributed by atoms with E-state index in [2.05, 4.69) is 22.5 Å². The average molecular weight is 233 g/mol. The summed E-state index contributed by atoms with van der Waals surface area (Å²) >= 11 is 0. The molecule has 4 nitrogen and oxygen atoms in total. The number of hydrogen-bond acceptors (Lipinski definition) is 2. The van der Waals surface area contributed by atoms with Crippen molar-refractivity contribution >= 4 is 6.03 Å². The Balaban J connectivity index is 1.81. The smallest absolute Gasteiger partial charge is 0.315 e. The molecule has 1 heterocycles. The first-order valence-corrected chi connectivity index (χ1v) is 6.15. The first-order chi connectivity index (χ1) is 8.16. The summed E-state index contributed by atoms with van der Waals surface area (Å²) in [5.41, 5.74) is 0.877. The van der Waals surface area contributed by atoms with E-state index >= 15 is 0 Å². The second kappa shape index (κ2) is 5.17. The molecule has 92 valence electrons. The van der Waals surface area contributed by atoms with Gasteiger partial charge in [-0.3, -0.25) is 4.98 Å². The molecular formula is C13H19N3O. The van der Waals surface area contributed by atoms with Crippen LogP contribution in [0.4, 0.5) is 4.79 Å². The molecule has 1 aromatic rings. The number of urea groups is 1. The lowest BCUT2D eigenvalue weighted by Crippen LogP contribution is -2.42. The van der Waals surface area contributed by atoms with Gasteiger partial charge in [0.25, 0.3) is 0 Å². The highest BCUT2D eigenvalue weighted by molar-refractivity contribution is 5.74. The maximum absolute atomic E-state index is 11.7. The summed E-state index contributed by atoms with van der Waals surface area (Å²) in [4.78, 5) is 15.9. The van der Waals surface area contributed by atoms with Gasteiger partial charge in [-0.15, -0.1) is 0 Å². The van der Waals surface area contributed by atoms with E-state index in [0.717, 1.165) is 5.69 Å². The zero-order valence-electron chi connectivity index (χ0n) is 10.3. The molecule has 2 amide bonds. The molecule has 0 bridgehead atoms. The lowest BCUT2D eigenvalue weighted by Gasteiger charge is -2.17. The van der Waals surface area contributed by atoms with Crippen molar-refractivity contribution in [2.75, 3.05) is 0 Å². The van der Waals surface area contributed by atoms with Crippen LogP contribution in [0.15, 0.2) is 24.4 Å². The highest BCUT2D eigenvalue weighted by Crippen LogP contribution is 2.32. The number of pyridine rings is 1. The van der Waals surface area contributed by atoms with E-state index in [1.165, 1.54) is 12.8 Å². The Morgan fingerprint density at radius 3 is 2.71 bits per heavy atom. The fourth-order valence-corrected chi connectivity index (χ4v) is 1.87. The van der Waals surface area contributed by atoms with Crippen molar-refractivity contribution in [2.24, 2.45) is 5.92 Å². The zero-order chi connectivity index (χ0) is 12.3. The van der Waals surface area contributed by atoms with Gasteiger partial charge in [0.05, 0.1) is 11.7 Å². The molecule has 1 aromatic heterocycles. The van der Waals surface area contributed by atoms with E-state index < -0.39 is 0 Å². The van der Waals surface area contributed by atoms with E-state index in [9.17, 15) is 4.79 Å². The minimum atomic E-state index is -0.109. The Morgan fingerprint density at radius 2 is 2.12 bits per heavy atom. The third-order valence-corrected chi connectivity index (χ3v) is 3.17. The van der Waals surface area contributed by atoms with Gasteiger partial charge in [-0.2, -0.15) is 0 Å². The van der Waals surface area contributed by atoms with Gasteiger partial charge in [0.1, 0.15) is 0 Å². The summed E-state index contributed by atoms with van der Waals surface area (Å²) in [5.74, 6) is 0.672. The third kappa shape index (κ3) is 3.44. The molecule has 1 aliphatic carbocycles. The van der Waals surface area contributed by atoms with Crippen LogP contribution in [0.1, 0.15) is 38.4 Å². The first-order valence-electron chi connectivity index (χ1n) is 6.15. The normalized spacial score (nSPS) is 18.2. The van der Waals surface area contributed by atoms with Crippen LogP contribution in [0, 0.1) is 5.92 Å². The molecule has 1 saturated carbocycles. The Kier molecular flexibility index (Phi) is 3.61. The number of rotatable bonds is 4. The molecule has 0 spiro atoms. The first kappa shape index (κ1) is 11.9. The molecule has 1 fully saturated rings. The summed E-state index contributed by atoms with van der Waals surface area (Å²) in [5, 5.41) is 5.86. The Morgan fingerprint density at radius 1 is 1.35 bits per heavy atom. The van der Waals surface area contributed by atoms with E-state index in [1.54, 1.807) is 6.20 Å². The largest absolute Gasteiger partial charge is 0.335 e. The molecule has 4 heteroatoms. The highest BCUT2D eigenvalue weighted by Gasteiger charge is 2.29. The van der Waals surface area contributed by atoms with Crippen LogP contribution >= 0.6 is 0 Å². The topological polar surface area (TPSA) is 54.0 Å². The van der Waals surface area contributed by atoms with Gasteiger partial charge in [0.15, 0.2) is 0 Å². The molecule has 0 saturated heterocycles. The molecule has 0 aliphatic heterocycles. The van der Waals surface area contributed by atoms with Crippen molar-refractivity contribution in [1.82, 2.24) is 15.6 Å². The quantitative estimate of drug-likeness (QED) is 0.838. The summed E-state index contributed by atoms with van der Waals surface area (Å²) in [6.45, 7) is 3.99. The van der Waals surface area contributed by atoms with Gasteiger partial charge < -0.3 is 10.6 Å². The lowest BCUT2D eigenvalue weighted by atomic mass is 10.2. The summed E-state index contributed by atoms with van der Waals surface area (Å²) in [6, 6.07) is 5.79. The average Bonchev–Trinajstić information content (AvgIpc) is 3.13. The molecule has 0 aromatic carbocycles. The Bertz CT molecular complexity index is 376. The lowest BCUT2D eigenvalue weighted by molar-refractivity contribution is 0.233. The summed E-state index contributed by atoms with van der Waals surface area (Å²) in [7, 11) is 0. The van der Waals surface area contributed by atoms with Crippen molar-refractivity contribution < 1.29 is 4.79 Å². The Labute approximate surface area is 102 Å². The second-order valence-corrected chi connectivity index (χ2v) is 4.72. The maximum atomic E-state index is 11.7. The molecule has 2 rings (SSSR count). The Hall–Kier alpha value is -1.58. The molecule has 2 unspecified atom stereocenters. The molecule has 2 atom stereocenters. The van der Waals surface area contributed by atoms with Gasteiger partial charge in [-0.1, -0.05) is 6.07 Å². The third-order valence-electron chi connectivity index (χ3n) is 3.17. The number of nitrogens with zero attached hydrogens (tertiary/aromatic N) is 1. The minimum Gasteiger partial charge on any atom is -0.335 e. The molecule has 2 N–H and O–H groups in total. The second-order valence-electron chi connectivity index (χ2n) is 4.72. The SMILES string of the molecule is CC(NC(=O)NC(C)C1CC1)c1ccccn1. The number of carbonyl (C=O) groups excluding carboxylic acids is 1. The number of nitrogens with one attached hydrogen (secondary N) is 2. The number of hydrogen-bond donors (Lipinski definition) is 2. The zero-order valence-corrected chi connectivity index (χ0v) is 10.3. The predicted octanol–water partition coefficient (Wildman–Crippen LogP) is 2.24. The molecule has 17 heavy (non-hydrogen) atoms.